The van der Waals surface area contributed by atoms with E-state index in [1.807, 2.05) is 6.07 Å². The zero-order valence-corrected chi connectivity index (χ0v) is 10.8. The Morgan fingerprint density at radius 1 is 1.17 bits per heavy atom. The fourth-order valence-electron chi connectivity index (χ4n) is 1.68. The van der Waals surface area contributed by atoms with Crippen molar-refractivity contribution < 1.29 is 19.0 Å². The van der Waals surface area contributed by atoms with Crippen LogP contribution in [0.15, 0.2) is 12.1 Å². The van der Waals surface area contributed by atoms with Crippen molar-refractivity contribution in [1.29, 1.82) is 0 Å². The predicted molar refractivity (Wildman–Crippen MR) is 66.7 cm³/mol. The molecule has 0 saturated heterocycles. The molecule has 1 rings (SSSR count). The van der Waals surface area contributed by atoms with Gasteiger partial charge in [0.2, 0.25) is 11.7 Å². The minimum Gasteiger partial charge on any atom is -0.493 e. The Bertz CT molecular complexity index is 421. The maximum Gasteiger partial charge on any atom is 0.234 e. The molecule has 0 atom stereocenters. The maximum absolute atomic E-state index is 11.1. The highest BCUT2D eigenvalue weighted by Crippen LogP contribution is 2.40. The lowest BCUT2D eigenvalue weighted by atomic mass is 10.1. The lowest BCUT2D eigenvalue weighted by Gasteiger charge is -2.15. The van der Waals surface area contributed by atoms with Gasteiger partial charge in [0.1, 0.15) is 0 Å². The fourth-order valence-corrected chi connectivity index (χ4v) is 1.68. The molecule has 18 heavy (non-hydrogen) atoms. The number of carbonyl (C=O) groups is 1. The molecule has 0 fully saturated rings. The van der Waals surface area contributed by atoms with Gasteiger partial charge in [-0.2, -0.15) is 0 Å². The SMILES string of the molecule is COc1ccc(CCC(=O)NN)c(OC)c1OC. The lowest BCUT2D eigenvalue weighted by Crippen LogP contribution is -2.30. The Kier molecular flexibility index (Phi) is 5.26. The van der Waals surface area contributed by atoms with Crippen LogP contribution in [-0.4, -0.2) is 27.2 Å². The molecular formula is C12H18N2O4. The average Bonchev–Trinajstić information content (AvgIpc) is 2.43. The van der Waals surface area contributed by atoms with Crippen molar-refractivity contribution in [3.63, 3.8) is 0 Å². The van der Waals surface area contributed by atoms with E-state index < -0.39 is 0 Å². The third kappa shape index (κ3) is 3.04. The van der Waals surface area contributed by atoms with Crippen LogP contribution in [0.25, 0.3) is 0 Å². The van der Waals surface area contributed by atoms with E-state index in [0.717, 1.165) is 5.56 Å². The van der Waals surface area contributed by atoms with Crippen LogP contribution in [0.3, 0.4) is 0 Å². The van der Waals surface area contributed by atoms with Crippen LogP contribution < -0.4 is 25.5 Å². The number of hydrogen-bond donors (Lipinski definition) is 2. The molecule has 0 aliphatic carbocycles. The molecule has 0 radical (unpaired) electrons. The molecule has 0 aromatic heterocycles. The van der Waals surface area contributed by atoms with Crippen LogP contribution in [-0.2, 0) is 11.2 Å². The first kappa shape index (κ1) is 14.1. The molecule has 0 heterocycles. The van der Waals surface area contributed by atoms with Crippen molar-refractivity contribution in [3.05, 3.63) is 17.7 Å². The quantitative estimate of drug-likeness (QED) is 0.442. The van der Waals surface area contributed by atoms with E-state index >= 15 is 0 Å². The van der Waals surface area contributed by atoms with E-state index in [-0.39, 0.29) is 12.3 Å². The highest BCUT2D eigenvalue weighted by molar-refractivity contribution is 5.75. The number of amides is 1. The van der Waals surface area contributed by atoms with Gasteiger partial charge < -0.3 is 14.2 Å². The molecule has 0 saturated carbocycles. The van der Waals surface area contributed by atoms with Crippen molar-refractivity contribution in [3.8, 4) is 17.2 Å². The second-order valence-corrected chi connectivity index (χ2v) is 3.56. The van der Waals surface area contributed by atoms with Crippen molar-refractivity contribution in [2.45, 2.75) is 12.8 Å². The normalized spacial score (nSPS) is 9.78. The van der Waals surface area contributed by atoms with Crippen LogP contribution in [0.5, 0.6) is 17.2 Å². The van der Waals surface area contributed by atoms with Gasteiger partial charge in [-0.3, -0.25) is 10.2 Å². The number of hydrazine groups is 1. The van der Waals surface area contributed by atoms with Gasteiger partial charge in [0.25, 0.3) is 0 Å². The molecule has 6 nitrogen and oxygen atoms in total. The molecule has 0 spiro atoms. The number of nitrogens with one attached hydrogen (secondary N) is 1. The number of nitrogens with two attached hydrogens (primary N) is 1. The summed E-state index contributed by atoms with van der Waals surface area (Å²) >= 11 is 0. The summed E-state index contributed by atoms with van der Waals surface area (Å²) in [6.45, 7) is 0. The van der Waals surface area contributed by atoms with Crippen LogP contribution in [0.2, 0.25) is 0 Å². The summed E-state index contributed by atoms with van der Waals surface area (Å²) in [6, 6.07) is 3.61. The van der Waals surface area contributed by atoms with Crippen molar-refractivity contribution in [2.24, 2.45) is 5.84 Å². The smallest absolute Gasteiger partial charge is 0.234 e. The monoisotopic (exact) mass is 254 g/mol. The summed E-state index contributed by atoms with van der Waals surface area (Å²) in [5.74, 6) is 6.48. The predicted octanol–water partition coefficient (Wildman–Crippen LogP) is 0.635. The molecule has 0 aliphatic heterocycles. The summed E-state index contributed by atoms with van der Waals surface area (Å²) < 4.78 is 15.7. The summed E-state index contributed by atoms with van der Waals surface area (Å²) in [6.07, 6.45) is 0.787. The van der Waals surface area contributed by atoms with Gasteiger partial charge in [0.05, 0.1) is 21.3 Å². The lowest BCUT2D eigenvalue weighted by molar-refractivity contribution is -0.121. The summed E-state index contributed by atoms with van der Waals surface area (Å²) in [5.41, 5.74) is 2.95. The highest BCUT2D eigenvalue weighted by Gasteiger charge is 2.16. The Morgan fingerprint density at radius 3 is 2.33 bits per heavy atom. The third-order valence-electron chi connectivity index (χ3n) is 2.57. The van der Waals surface area contributed by atoms with Crippen molar-refractivity contribution in [1.82, 2.24) is 5.43 Å². The first-order valence-corrected chi connectivity index (χ1v) is 5.45. The van der Waals surface area contributed by atoms with Crippen LogP contribution in [0.1, 0.15) is 12.0 Å². The average molecular weight is 254 g/mol. The molecule has 100 valence electrons. The van der Waals surface area contributed by atoms with Crippen LogP contribution >= 0.6 is 0 Å². The van der Waals surface area contributed by atoms with Crippen molar-refractivity contribution in [2.75, 3.05) is 21.3 Å². The number of rotatable bonds is 6. The van der Waals surface area contributed by atoms with E-state index in [2.05, 4.69) is 5.43 Å². The Balaban J connectivity index is 3.01. The Hall–Kier alpha value is -1.95. The number of hydrogen-bond acceptors (Lipinski definition) is 5. The summed E-state index contributed by atoms with van der Waals surface area (Å²) in [7, 11) is 4.64. The first-order valence-electron chi connectivity index (χ1n) is 5.45. The number of benzene rings is 1. The van der Waals surface area contributed by atoms with Gasteiger partial charge in [-0.15, -0.1) is 0 Å². The van der Waals surface area contributed by atoms with E-state index in [9.17, 15) is 4.79 Å². The number of aryl methyl sites for hydroxylation is 1. The number of ether oxygens (including phenoxy) is 3. The molecule has 0 aliphatic rings. The molecule has 1 aromatic carbocycles. The second kappa shape index (κ2) is 6.70. The van der Waals surface area contributed by atoms with Crippen LogP contribution in [0.4, 0.5) is 0 Å². The zero-order valence-electron chi connectivity index (χ0n) is 10.8. The van der Waals surface area contributed by atoms with Gasteiger partial charge in [-0.25, -0.2) is 5.84 Å². The van der Waals surface area contributed by atoms with Gasteiger partial charge in [0.15, 0.2) is 11.5 Å². The van der Waals surface area contributed by atoms with Gasteiger partial charge >= 0.3 is 0 Å². The van der Waals surface area contributed by atoms with E-state index in [1.165, 1.54) is 7.11 Å². The van der Waals surface area contributed by atoms with Gasteiger partial charge in [-0.1, -0.05) is 6.07 Å². The molecule has 3 N–H and O–H groups in total. The molecule has 6 heteroatoms. The molecule has 0 unspecified atom stereocenters. The standard InChI is InChI=1S/C12H18N2O4/c1-16-9-6-4-8(5-7-10(15)14-13)11(17-2)12(9)18-3/h4,6H,5,7,13H2,1-3H3,(H,14,15). The first-order chi connectivity index (χ1) is 8.67. The highest BCUT2D eigenvalue weighted by atomic mass is 16.5. The molecular weight excluding hydrogens is 236 g/mol. The molecule has 0 bridgehead atoms. The maximum atomic E-state index is 11.1. The van der Waals surface area contributed by atoms with E-state index in [1.54, 1.807) is 20.3 Å². The fraction of sp³-hybridized carbons (Fsp3) is 0.417. The van der Waals surface area contributed by atoms with Crippen molar-refractivity contribution >= 4 is 5.91 Å². The summed E-state index contributed by atoms with van der Waals surface area (Å²) in [5, 5.41) is 0. The molecule has 1 aromatic rings. The molecule has 1 amide bonds. The summed E-state index contributed by atoms with van der Waals surface area (Å²) in [4.78, 5) is 11.1. The minimum absolute atomic E-state index is 0.230. The third-order valence-corrected chi connectivity index (χ3v) is 2.57. The zero-order chi connectivity index (χ0) is 13.5. The Labute approximate surface area is 106 Å². The number of methoxy groups -OCH3 is 3. The van der Waals surface area contributed by atoms with Crippen LogP contribution in [0, 0.1) is 0 Å². The Morgan fingerprint density at radius 2 is 1.83 bits per heavy atom. The number of carbonyl (C=O) groups excluding carboxylic acids is 1. The topological polar surface area (TPSA) is 82.8 Å². The van der Waals surface area contributed by atoms with Gasteiger partial charge in [0, 0.05) is 6.42 Å². The van der Waals surface area contributed by atoms with Gasteiger partial charge in [-0.05, 0) is 18.1 Å². The minimum atomic E-state index is -0.230. The second-order valence-electron chi connectivity index (χ2n) is 3.56. The van der Waals surface area contributed by atoms with E-state index in [4.69, 9.17) is 20.1 Å². The largest absolute Gasteiger partial charge is 0.493 e. The van der Waals surface area contributed by atoms with E-state index in [0.29, 0.717) is 23.7 Å².